The van der Waals surface area contributed by atoms with Gasteiger partial charge in [0.25, 0.3) is 5.91 Å². The zero-order valence-electron chi connectivity index (χ0n) is 18.3. The summed E-state index contributed by atoms with van der Waals surface area (Å²) in [6, 6.07) is 16.2. The molecule has 170 valence electrons. The number of aromatic amines is 1. The number of carbonyl (C=O) groups is 2. The molecule has 0 aliphatic rings. The Morgan fingerprint density at radius 2 is 1.91 bits per heavy atom. The Morgan fingerprint density at radius 1 is 1.15 bits per heavy atom. The van der Waals surface area contributed by atoms with Crippen molar-refractivity contribution < 1.29 is 14.3 Å². The lowest BCUT2D eigenvalue weighted by Crippen LogP contribution is -2.43. The molecule has 7 nitrogen and oxygen atoms in total. The molecule has 0 bridgehead atoms. The molecule has 0 saturated carbocycles. The van der Waals surface area contributed by atoms with Gasteiger partial charge in [0.1, 0.15) is 23.4 Å². The summed E-state index contributed by atoms with van der Waals surface area (Å²) in [5, 5.41) is 6.18. The smallest absolute Gasteiger partial charge is 0.329 e. The van der Waals surface area contributed by atoms with E-state index in [1.165, 1.54) is 11.3 Å². The Labute approximate surface area is 196 Å². The van der Waals surface area contributed by atoms with E-state index >= 15 is 0 Å². The fourth-order valence-electron chi connectivity index (χ4n) is 3.51. The first-order valence-electron chi connectivity index (χ1n) is 10.8. The van der Waals surface area contributed by atoms with Gasteiger partial charge < -0.3 is 20.8 Å². The molecule has 0 radical (unpaired) electrons. The second-order valence-electron chi connectivity index (χ2n) is 7.77. The molecule has 0 fully saturated rings. The Kier molecular flexibility index (Phi) is 7.16. The first kappa shape index (κ1) is 22.7. The number of hydrogen-bond donors (Lipinski definition) is 3. The minimum absolute atomic E-state index is 0.131. The number of nitrogens with one attached hydrogen (secondary N) is 2. The topological polar surface area (TPSA) is 110 Å². The van der Waals surface area contributed by atoms with Crippen molar-refractivity contribution in [3.63, 3.8) is 0 Å². The van der Waals surface area contributed by atoms with Gasteiger partial charge in [-0.3, -0.25) is 4.79 Å². The maximum absolute atomic E-state index is 13.0. The third kappa shape index (κ3) is 5.47. The molecular weight excluding hydrogens is 436 g/mol. The Morgan fingerprint density at radius 3 is 2.70 bits per heavy atom. The Bertz CT molecular complexity index is 1230. The van der Waals surface area contributed by atoms with E-state index in [1.807, 2.05) is 67.7 Å². The highest BCUT2D eigenvalue weighted by Gasteiger charge is 2.26. The molecule has 0 aliphatic heterocycles. The van der Waals surface area contributed by atoms with Crippen molar-refractivity contribution >= 4 is 34.1 Å². The predicted octanol–water partition coefficient (Wildman–Crippen LogP) is 4.12. The van der Waals surface area contributed by atoms with Crippen molar-refractivity contribution in [2.45, 2.75) is 38.5 Å². The summed E-state index contributed by atoms with van der Waals surface area (Å²) in [5.41, 5.74) is 9.04. The number of benzene rings is 2. The van der Waals surface area contributed by atoms with Crippen molar-refractivity contribution in [3.8, 4) is 0 Å². The fraction of sp³-hybridized carbons (Fsp3) is 0.240. The van der Waals surface area contributed by atoms with Crippen molar-refractivity contribution in [2.75, 3.05) is 0 Å². The van der Waals surface area contributed by atoms with Gasteiger partial charge in [-0.25, -0.2) is 9.78 Å². The van der Waals surface area contributed by atoms with Crippen LogP contribution in [0.15, 0.2) is 66.2 Å². The SMILES string of the molecule is CCC(N)c1nc(C(=O)NC(Cc2c[nH]c3ccccc23)C(=O)OCc2ccccc2)cs1. The van der Waals surface area contributed by atoms with Gasteiger partial charge in [-0.2, -0.15) is 0 Å². The van der Waals surface area contributed by atoms with Crippen LogP contribution in [0.2, 0.25) is 0 Å². The number of para-hydroxylation sites is 1. The maximum atomic E-state index is 13.0. The van der Waals surface area contributed by atoms with Gasteiger partial charge in [-0.1, -0.05) is 55.5 Å². The standard InChI is InChI=1S/C25H26N4O3S/c1-2-19(26)24-29-22(15-33-24)23(30)28-21(25(31)32-14-16-8-4-3-5-9-16)12-17-13-27-20-11-7-6-10-18(17)20/h3-11,13,15,19,21,27H,2,12,14,26H2,1H3,(H,28,30). The number of aromatic nitrogens is 2. The fourth-order valence-corrected chi connectivity index (χ4v) is 4.40. The molecule has 2 unspecified atom stereocenters. The van der Waals surface area contributed by atoms with E-state index in [2.05, 4.69) is 15.3 Å². The summed E-state index contributed by atoms with van der Waals surface area (Å²) in [4.78, 5) is 33.5. The zero-order chi connectivity index (χ0) is 23.2. The summed E-state index contributed by atoms with van der Waals surface area (Å²) in [7, 11) is 0. The molecule has 33 heavy (non-hydrogen) atoms. The Hall–Kier alpha value is -3.49. The third-order valence-corrected chi connectivity index (χ3v) is 6.40. The zero-order valence-corrected chi connectivity index (χ0v) is 19.1. The van der Waals surface area contributed by atoms with Crippen molar-refractivity contribution in [1.29, 1.82) is 0 Å². The maximum Gasteiger partial charge on any atom is 0.329 e. The largest absolute Gasteiger partial charge is 0.459 e. The molecule has 2 heterocycles. The highest BCUT2D eigenvalue weighted by atomic mass is 32.1. The summed E-state index contributed by atoms with van der Waals surface area (Å²) in [6.45, 7) is 2.10. The average Bonchev–Trinajstić information content (AvgIpc) is 3.50. The van der Waals surface area contributed by atoms with Crippen LogP contribution < -0.4 is 11.1 Å². The lowest BCUT2D eigenvalue weighted by atomic mass is 10.0. The van der Waals surface area contributed by atoms with Gasteiger partial charge in [-0.05, 0) is 23.6 Å². The number of amides is 1. The number of esters is 1. The second kappa shape index (κ2) is 10.4. The molecule has 8 heteroatoms. The number of carbonyl (C=O) groups excluding carboxylic acids is 2. The van der Waals surface area contributed by atoms with Gasteiger partial charge in [-0.15, -0.1) is 11.3 Å². The van der Waals surface area contributed by atoms with Crippen molar-refractivity contribution in [1.82, 2.24) is 15.3 Å². The molecule has 0 spiro atoms. The number of ether oxygens (including phenoxy) is 1. The molecule has 2 aromatic carbocycles. The van der Waals surface area contributed by atoms with Crippen LogP contribution >= 0.6 is 11.3 Å². The molecule has 4 N–H and O–H groups in total. The number of hydrogen-bond acceptors (Lipinski definition) is 6. The van der Waals surface area contributed by atoms with Crippen molar-refractivity contribution in [3.05, 3.63) is 88.0 Å². The third-order valence-electron chi connectivity index (χ3n) is 5.42. The second-order valence-corrected chi connectivity index (χ2v) is 8.66. The number of rotatable bonds is 9. The number of fused-ring (bicyclic) bond motifs is 1. The summed E-state index contributed by atoms with van der Waals surface area (Å²) in [6.07, 6.45) is 2.87. The summed E-state index contributed by atoms with van der Waals surface area (Å²) >= 11 is 1.34. The van der Waals surface area contributed by atoms with E-state index in [4.69, 9.17) is 10.5 Å². The molecule has 0 saturated heterocycles. The van der Waals surface area contributed by atoms with Crippen LogP contribution in [-0.2, 0) is 22.6 Å². The van der Waals surface area contributed by atoms with Crippen LogP contribution in [0.4, 0.5) is 0 Å². The van der Waals surface area contributed by atoms with Gasteiger partial charge in [0.05, 0.1) is 6.04 Å². The normalized spacial score (nSPS) is 12.9. The average molecular weight is 463 g/mol. The number of nitrogens with two attached hydrogens (primary N) is 1. The van der Waals surface area contributed by atoms with Gasteiger partial charge in [0.15, 0.2) is 0 Å². The highest BCUT2D eigenvalue weighted by molar-refractivity contribution is 7.09. The van der Waals surface area contributed by atoms with E-state index in [-0.39, 0.29) is 24.8 Å². The number of nitrogens with zero attached hydrogens (tertiary/aromatic N) is 1. The van der Waals surface area contributed by atoms with Gasteiger partial charge >= 0.3 is 5.97 Å². The highest BCUT2D eigenvalue weighted by Crippen LogP contribution is 2.21. The number of H-pyrrole nitrogens is 1. The summed E-state index contributed by atoms with van der Waals surface area (Å²) < 4.78 is 5.55. The van der Waals surface area contributed by atoms with E-state index in [1.54, 1.807) is 5.38 Å². The lowest BCUT2D eigenvalue weighted by molar-refractivity contribution is -0.147. The van der Waals surface area contributed by atoms with Gasteiger partial charge in [0.2, 0.25) is 0 Å². The molecule has 4 rings (SSSR count). The van der Waals surface area contributed by atoms with Crippen LogP contribution in [0.25, 0.3) is 10.9 Å². The molecule has 2 atom stereocenters. The minimum atomic E-state index is -0.870. The lowest BCUT2D eigenvalue weighted by Gasteiger charge is -2.17. The van der Waals surface area contributed by atoms with E-state index in [0.29, 0.717) is 5.01 Å². The monoisotopic (exact) mass is 462 g/mol. The van der Waals surface area contributed by atoms with Crippen LogP contribution in [0.3, 0.4) is 0 Å². The van der Waals surface area contributed by atoms with E-state index in [9.17, 15) is 9.59 Å². The van der Waals surface area contributed by atoms with Crippen LogP contribution in [-0.4, -0.2) is 27.9 Å². The van der Waals surface area contributed by atoms with E-state index < -0.39 is 17.9 Å². The quantitative estimate of drug-likeness (QED) is 0.324. The van der Waals surface area contributed by atoms with Gasteiger partial charge in [0, 0.05) is 28.9 Å². The number of thiazole rings is 1. The molecule has 0 aliphatic carbocycles. The van der Waals surface area contributed by atoms with Crippen LogP contribution in [0.5, 0.6) is 0 Å². The van der Waals surface area contributed by atoms with Crippen LogP contribution in [0.1, 0.15) is 46.0 Å². The first-order valence-corrected chi connectivity index (χ1v) is 11.7. The molecule has 1 amide bonds. The summed E-state index contributed by atoms with van der Waals surface area (Å²) in [5.74, 6) is -0.930. The molecule has 4 aromatic rings. The van der Waals surface area contributed by atoms with Crippen molar-refractivity contribution in [2.24, 2.45) is 5.73 Å². The predicted molar refractivity (Wildman–Crippen MR) is 129 cm³/mol. The first-order chi connectivity index (χ1) is 16.0. The van der Waals surface area contributed by atoms with E-state index in [0.717, 1.165) is 28.5 Å². The molecule has 2 aromatic heterocycles. The van der Waals surface area contributed by atoms with Crippen LogP contribution in [0, 0.1) is 0 Å². The Balaban J connectivity index is 1.53. The molecular formula is C25H26N4O3S. The minimum Gasteiger partial charge on any atom is -0.459 e.